The highest BCUT2D eigenvalue weighted by atomic mass is 32.2. The monoisotopic (exact) mass is 408 g/mol. The topological polar surface area (TPSA) is 90.4 Å². The highest BCUT2D eigenvalue weighted by Gasteiger charge is 2.30. The molecule has 9 heteroatoms. The van der Waals surface area contributed by atoms with E-state index >= 15 is 0 Å². The number of benzene rings is 1. The highest BCUT2D eigenvalue weighted by molar-refractivity contribution is 7.89. The van der Waals surface area contributed by atoms with E-state index in [1.54, 1.807) is 7.05 Å². The third-order valence-electron chi connectivity index (χ3n) is 4.58. The Kier molecular flexibility index (Phi) is 6.07. The molecular formula is C18H22N3O4S2. The van der Waals surface area contributed by atoms with Crippen LogP contribution in [0, 0.1) is 11.4 Å². The molecular weight excluding hydrogens is 386 g/mol. The number of piperazine rings is 1. The Labute approximate surface area is 163 Å². The zero-order valence-corrected chi connectivity index (χ0v) is 16.8. The molecule has 2 aromatic rings. The maximum Gasteiger partial charge on any atom is 0.214 e. The minimum atomic E-state index is -3.54. The maximum atomic E-state index is 12.4. The molecule has 1 radical (unpaired) electrons. The number of likely N-dealkylation sites (N-methyl/N-ethyl adjacent to an activating group) is 1. The van der Waals surface area contributed by atoms with Crippen molar-refractivity contribution < 1.29 is 17.9 Å². The van der Waals surface area contributed by atoms with Crippen LogP contribution in [0.25, 0.3) is 0 Å². The van der Waals surface area contributed by atoms with Crippen LogP contribution in [0.2, 0.25) is 0 Å². The lowest BCUT2D eigenvalue weighted by atomic mass is 10.2. The molecule has 0 aliphatic carbocycles. The fraction of sp³-hybridized carbons (Fsp3) is 0.444. The van der Waals surface area contributed by atoms with E-state index in [9.17, 15) is 18.4 Å². The van der Waals surface area contributed by atoms with Crippen LogP contribution in [0.3, 0.4) is 0 Å². The molecule has 1 fully saturated rings. The fourth-order valence-corrected chi connectivity index (χ4v) is 5.15. The number of carbonyl (C=O) groups excluding carboxylic acids is 1. The lowest BCUT2D eigenvalue weighted by Crippen LogP contribution is -2.55. The normalized spacial score (nSPS) is 17.7. The second-order valence-electron chi connectivity index (χ2n) is 6.84. The third kappa shape index (κ3) is 5.43. The first-order chi connectivity index (χ1) is 12.8. The van der Waals surface area contributed by atoms with Crippen molar-refractivity contribution in [2.24, 2.45) is 0 Å². The smallest absolute Gasteiger partial charge is 0.214 e. The summed E-state index contributed by atoms with van der Waals surface area (Å²) in [4.78, 5) is 16.9. The Morgan fingerprint density at radius 1 is 1.30 bits per heavy atom. The van der Waals surface area contributed by atoms with E-state index in [4.69, 9.17) is 0 Å². The summed E-state index contributed by atoms with van der Waals surface area (Å²) in [6.45, 7) is 0.867. The molecule has 3 rings (SSSR count). The van der Waals surface area contributed by atoms with E-state index < -0.39 is 14.7 Å². The molecule has 145 valence electrons. The van der Waals surface area contributed by atoms with Gasteiger partial charge in [0.05, 0.1) is 48.9 Å². The summed E-state index contributed by atoms with van der Waals surface area (Å²) in [5, 5.41) is 12.6. The largest absolute Gasteiger partial charge is 0.633 e. The van der Waals surface area contributed by atoms with Gasteiger partial charge in [0.15, 0.2) is 5.78 Å². The van der Waals surface area contributed by atoms with Crippen LogP contribution in [0.4, 0.5) is 0 Å². The van der Waals surface area contributed by atoms with E-state index in [1.807, 2.05) is 30.3 Å². The summed E-state index contributed by atoms with van der Waals surface area (Å²) in [5.74, 6) is -0.523. The standard InChI is InChI=1S/C18H22N3O4S2/c1-21(23)10-8-20(9-11-21)27(24,25)12-7-16(22)17-14-19-18(26-17)13-15-5-3-2-4-6-15/h2-6H,7-13H2,1H3. The first-order valence-electron chi connectivity index (χ1n) is 8.73. The zero-order chi connectivity index (χ0) is 19.5. The summed E-state index contributed by atoms with van der Waals surface area (Å²) in [7, 11) is -2.00. The van der Waals surface area contributed by atoms with Crippen molar-refractivity contribution in [2.75, 3.05) is 39.0 Å². The van der Waals surface area contributed by atoms with Gasteiger partial charge in [-0.2, -0.15) is 4.31 Å². The van der Waals surface area contributed by atoms with Gasteiger partial charge in [-0.1, -0.05) is 30.3 Å². The second-order valence-corrected chi connectivity index (χ2v) is 10.0. The summed E-state index contributed by atoms with van der Waals surface area (Å²) in [5.41, 5.74) is 1.09. The van der Waals surface area contributed by atoms with Crippen molar-refractivity contribution in [3.8, 4) is 0 Å². The van der Waals surface area contributed by atoms with Crippen LogP contribution in [0.15, 0.2) is 30.3 Å². The zero-order valence-electron chi connectivity index (χ0n) is 15.1. The first kappa shape index (κ1) is 20.1. The molecule has 7 nitrogen and oxygen atoms in total. The van der Waals surface area contributed by atoms with Gasteiger partial charge in [0.2, 0.25) is 10.0 Å². The predicted molar refractivity (Wildman–Crippen MR) is 104 cm³/mol. The van der Waals surface area contributed by atoms with E-state index in [-0.39, 0.29) is 44.1 Å². The van der Waals surface area contributed by atoms with Gasteiger partial charge in [-0.05, 0) is 5.56 Å². The van der Waals surface area contributed by atoms with Gasteiger partial charge < -0.3 is 9.85 Å². The number of hydrogen-bond acceptors (Lipinski definition) is 6. The van der Waals surface area contributed by atoms with Gasteiger partial charge in [-0.15, -0.1) is 11.3 Å². The van der Waals surface area contributed by atoms with Gasteiger partial charge in [0, 0.05) is 12.8 Å². The number of aromatic nitrogens is 1. The number of hydroxylamine groups is 3. The second kappa shape index (κ2) is 8.15. The predicted octanol–water partition coefficient (Wildman–Crippen LogP) is 1.70. The van der Waals surface area contributed by atoms with Crippen molar-refractivity contribution >= 4 is 27.1 Å². The van der Waals surface area contributed by atoms with E-state index in [2.05, 4.69) is 11.2 Å². The molecule has 0 saturated carbocycles. The Hall–Kier alpha value is -1.65. The van der Waals surface area contributed by atoms with Crippen molar-refractivity contribution in [3.05, 3.63) is 57.2 Å². The van der Waals surface area contributed by atoms with Gasteiger partial charge in [-0.25, -0.2) is 13.4 Å². The summed E-state index contributed by atoms with van der Waals surface area (Å²) in [6.07, 6.45) is 3.23. The number of ketones is 1. The van der Waals surface area contributed by atoms with Crippen molar-refractivity contribution in [2.45, 2.75) is 12.8 Å². The molecule has 1 aromatic carbocycles. The third-order valence-corrected chi connectivity index (χ3v) is 7.45. The van der Waals surface area contributed by atoms with Crippen LogP contribution >= 0.6 is 11.3 Å². The van der Waals surface area contributed by atoms with Crippen LogP contribution in [0.5, 0.6) is 0 Å². The number of thiazole rings is 1. The molecule has 0 amide bonds. The van der Waals surface area contributed by atoms with Crippen molar-refractivity contribution in [1.82, 2.24) is 9.29 Å². The Morgan fingerprint density at radius 2 is 1.96 bits per heavy atom. The molecule has 27 heavy (non-hydrogen) atoms. The molecule has 2 heterocycles. The lowest BCUT2D eigenvalue weighted by Gasteiger charge is -2.44. The number of rotatable bonds is 7. The molecule has 0 unspecified atom stereocenters. The fourth-order valence-electron chi connectivity index (χ4n) is 2.85. The van der Waals surface area contributed by atoms with Gasteiger partial charge in [0.25, 0.3) is 0 Å². The van der Waals surface area contributed by atoms with E-state index in [0.717, 1.165) is 10.6 Å². The summed E-state index contributed by atoms with van der Waals surface area (Å²) < 4.78 is 25.7. The SMILES string of the molecule is C[N+]1([O-])CCN(S(=O)(=O)CCC(=O)c2[c]nc(Cc3ccccc3)s2)CC1. The average molecular weight is 409 g/mol. The molecule has 1 saturated heterocycles. The molecule has 1 aromatic heterocycles. The number of sulfonamides is 1. The minimum absolute atomic E-state index is 0.105. The van der Waals surface area contributed by atoms with Crippen molar-refractivity contribution in [1.29, 1.82) is 0 Å². The minimum Gasteiger partial charge on any atom is -0.633 e. The molecule has 1 aliphatic rings. The average Bonchev–Trinajstić information content (AvgIpc) is 3.09. The Bertz CT molecular complexity index is 884. The Balaban J connectivity index is 1.55. The van der Waals surface area contributed by atoms with E-state index in [0.29, 0.717) is 11.3 Å². The lowest BCUT2D eigenvalue weighted by molar-refractivity contribution is -0.864. The molecule has 0 bridgehead atoms. The number of hydrogen-bond donors (Lipinski definition) is 0. The van der Waals surface area contributed by atoms with Gasteiger partial charge in [0.1, 0.15) is 6.20 Å². The van der Waals surface area contributed by atoms with Crippen molar-refractivity contribution in [3.63, 3.8) is 0 Å². The Morgan fingerprint density at radius 3 is 2.63 bits per heavy atom. The van der Waals surface area contributed by atoms with Gasteiger partial charge >= 0.3 is 0 Å². The molecule has 1 aliphatic heterocycles. The molecule has 0 spiro atoms. The highest BCUT2D eigenvalue weighted by Crippen LogP contribution is 2.19. The first-order valence-corrected chi connectivity index (χ1v) is 11.2. The number of quaternary nitrogens is 1. The van der Waals surface area contributed by atoms with Crippen LogP contribution < -0.4 is 0 Å². The maximum absolute atomic E-state index is 12.4. The van der Waals surface area contributed by atoms with E-state index in [1.165, 1.54) is 15.6 Å². The van der Waals surface area contributed by atoms with Crippen LogP contribution in [0.1, 0.15) is 26.7 Å². The number of Topliss-reactive ketones (excluding diaryl/α,β-unsaturated/α-hetero) is 1. The number of nitrogens with zero attached hydrogens (tertiary/aromatic N) is 3. The van der Waals surface area contributed by atoms with Crippen LogP contribution in [-0.2, 0) is 16.4 Å². The number of carbonyl (C=O) groups is 1. The summed E-state index contributed by atoms with van der Waals surface area (Å²) in [6, 6.07) is 9.79. The summed E-state index contributed by atoms with van der Waals surface area (Å²) >= 11 is 1.25. The van der Waals surface area contributed by atoms with Gasteiger partial charge in [-0.3, -0.25) is 4.79 Å². The molecule has 0 N–H and O–H groups in total. The van der Waals surface area contributed by atoms with Crippen LogP contribution in [-0.4, -0.2) is 67.1 Å². The molecule has 0 atom stereocenters. The quantitative estimate of drug-likeness (QED) is 0.395.